The lowest BCUT2D eigenvalue weighted by Gasteiger charge is -2.30. The molecule has 2 heterocycles. The second-order valence-corrected chi connectivity index (χ2v) is 4.79. The van der Waals surface area contributed by atoms with Crippen LogP contribution in [0.15, 0.2) is 30.7 Å². The first kappa shape index (κ1) is 13.7. The summed E-state index contributed by atoms with van der Waals surface area (Å²) in [4.78, 5) is 9.70. The molecule has 1 fully saturated rings. The first-order valence-corrected chi connectivity index (χ1v) is 6.48. The number of H-pyrrole nitrogens is 1. The zero-order chi connectivity index (χ0) is 12.4. The van der Waals surface area contributed by atoms with Gasteiger partial charge in [0.2, 0.25) is 0 Å². The van der Waals surface area contributed by atoms with Gasteiger partial charge in [-0.3, -0.25) is 0 Å². The average molecular weight is 279 g/mol. The molecule has 1 aromatic carbocycles. The molecule has 0 unspecified atom stereocenters. The predicted molar refractivity (Wildman–Crippen MR) is 81.7 cm³/mol. The fourth-order valence-corrected chi connectivity index (χ4v) is 2.58. The van der Waals surface area contributed by atoms with Gasteiger partial charge in [-0.25, -0.2) is 4.98 Å². The van der Waals surface area contributed by atoms with Crippen LogP contribution in [0.3, 0.4) is 0 Å². The van der Waals surface area contributed by atoms with Crippen LogP contribution in [0.2, 0.25) is 0 Å². The lowest BCUT2D eigenvalue weighted by Crippen LogP contribution is -2.29. The maximum absolute atomic E-state index is 5.94. The Morgan fingerprint density at radius 1 is 1.16 bits per heavy atom. The Bertz CT molecular complexity index is 518. The van der Waals surface area contributed by atoms with Crippen LogP contribution < -0.4 is 10.6 Å². The molecule has 0 radical (unpaired) electrons. The minimum absolute atomic E-state index is 0. The predicted octanol–water partition coefficient (Wildman–Crippen LogP) is 3.07. The molecule has 1 aromatic heterocycles. The highest BCUT2D eigenvalue weighted by molar-refractivity contribution is 5.85. The number of imidazole rings is 1. The first-order valence-electron chi connectivity index (χ1n) is 6.48. The van der Waals surface area contributed by atoms with Gasteiger partial charge >= 0.3 is 0 Å². The highest BCUT2D eigenvalue weighted by atomic mass is 35.5. The van der Waals surface area contributed by atoms with Gasteiger partial charge < -0.3 is 15.6 Å². The molecule has 0 amide bonds. The minimum Gasteiger partial charge on any atom is -0.399 e. The molecule has 19 heavy (non-hydrogen) atoms. The van der Waals surface area contributed by atoms with Gasteiger partial charge in [-0.05, 0) is 37.5 Å². The number of nitrogen functional groups attached to an aromatic ring is 1. The number of nitrogens with zero attached hydrogens (tertiary/aromatic N) is 2. The van der Waals surface area contributed by atoms with E-state index in [0.717, 1.165) is 24.5 Å². The smallest absolute Gasteiger partial charge is 0.0924 e. The molecule has 102 valence electrons. The van der Waals surface area contributed by atoms with Crippen molar-refractivity contribution in [2.24, 2.45) is 0 Å². The van der Waals surface area contributed by atoms with Gasteiger partial charge in [0.1, 0.15) is 0 Å². The van der Waals surface area contributed by atoms with Crippen molar-refractivity contribution in [1.29, 1.82) is 0 Å². The second-order valence-electron chi connectivity index (χ2n) is 4.79. The van der Waals surface area contributed by atoms with Crippen molar-refractivity contribution in [3.63, 3.8) is 0 Å². The number of hydrogen-bond acceptors (Lipinski definition) is 3. The Labute approximate surface area is 119 Å². The van der Waals surface area contributed by atoms with Gasteiger partial charge in [-0.15, -0.1) is 12.4 Å². The summed E-state index contributed by atoms with van der Waals surface area (Å²) in [7, 11) is 0. The van der Waals surface area contributed by atoms with E-state index in [4.69, 9.17) is 5.73 Å². The molecule has 1 saturated heterocycles. The molecule has 5 heteroatoms. The second kappa shape index (κ2) is 5.97. The SMILES string of the molecule is Cl.Nc1ccc(-c2cnc[nH]2)c(N2CCCCC2)c1. The van der Waals surface area contributed by atoms with Crippen LogP contribution >= 0.6 is 12.4 Å². The van der Waals surface area contributed by atoms with E-state index in [0.29, 0.717) is 0 Å². The van der Waals surface area contributed by atoms with Gasteiger partial charge in [0, 0.05) is 30.0 Å². The third kappa shape index (κ3) is 2.84. The molecule has 2 aromatic rings. The summed E-state index contributed by atoms with van der Waals surface area (Å²) in [6.07, 6.45) is 7.43. The topological polar surface area (TPSA) is 57.9 Å². The summed E-state index contributed by atoms with van der Waals surface area (Å²) in [6, 6.07) is 6.10. The van der Waals surface area contributed by atoms with E-state index in [9.17, 15) is 0 Å². The van der Waals surface area contributed by atoms with Gasteiger partial charge in [0.15, 0.2) is 0 Å². The summed E-state index contributed by atoms with van der Waals surface area (Å²) in [5, 5.41) is 0. The van der Waals surface area contributed by atoms with Crippen LogP contribution in [-0.4, -0.2) is 23.1 Å². The van der Waals surface area contributed by atoms with Crippen LogP contribution in [0, 0.1) is 0 Å². The van der Waals surface area contributed by atoms with Crippen molar-refractivity contribution >= 4 is 23.8 Å². The molecule has 3 rings (SSSR count). The molecule has 0 saturated carbocycles. The Kier molecular flexibility index (Phi) is 4.32. The van der Waals surface area contributed by atoms with Gasteiger partial charge in [-0.2, -0.15) is 0 Å². The van der Waals surface area contributed by atoms with Crippen molar-refractivity contribution in [1.82, 2.24) is 9.97 Å². The normalized spacial score (nSPS) is 15.1. The van der Waals surface area contributed by atoms with Gasteiger partial charge in [-0.1, -0.05) is 0 Å². The number of aromatic nitrogens is 2. The maximum Gasteiger partial charge on any atom is 0.0924 e. The zero-order valence-electron chi connectivity index (χ0n) is 10.8. The Hall–Kier alpha value is -1.68. The van der Waals surface area contributed by atoms with Crippen molar-refractivity contribution in [3.05, 3.63) is 30.7 Å². The molecular formula is C14H19ClN4. The molecule has 3 N–H and O–H groups in total. The minimum atomic E-state index is 0. The number of rotatable bonds is 2. The largest absolute Gasteiger partial charge is 0.399 e. The van der Waals surface area contributed by atoms with E-state index in [2.05, 4.69) is 27.0 Å². The third-order valence-corrected chi connectivity index (χ3v) is 3.51. The fraction of sp³-hybridized carbons (Fsp3) is 0.357. The van der Waals surface area contributed by atoms with E-state index >= 15 is 0 Å². The lowest BCUT2D eigenvalue weighted by molar-refractivity contribution is 0.578. The number of hydrogen-bond donors (Lipinski definition) is 2. The lowest BCUT2D eigenvalue weighted by atomic mass is 10.0. The van der Waals surface area contributed by atoms with E-state index in [1.54, 1.807) is 6.33 Å². The van der Waals surface area contributed by atoms with Gasteiger partial charge in [0.05, 0.1) is 18.2 Å². The molecular weight excluding hydrogens is 260 g/mol. The number of benzene rings is 1. The van der Waals surface area contributed by atoms with Crippen molar-refractivity contribution in [2.75, 3.05) is 23.7 Å². The monoisotopic (exact) mass is 278 g/mol. The summed E-state index contributed by atoms with van der Waals surface area (Å²) >= 11 is 0. The van der Waals surface area contributed by atoms with Crippen LogP contribution in [0.1, 0.15) is 19.3 Å². The number of piperidine rings is 1. The summed E-state index contributed by atoms with van der Waals surface area (Å²) in [5.74, 6) is 0. The van der Waals surface area contributed by atoms with Gasteiger partial charge in [0.25, 0.3) is 0 Å². The molecule has 0 aliphatic carbocycles. The quantitative estimate of drug-likeness (QED) is 0.830. The number of anilines is 2. The van der Waals surface area contributed by atoms with E-state index in [-0.39, 0.29) is 12.4 Å². The summed E-state index contributed by atoms with van der Waals surface area (Å²) in [5.41, 5.74) is 10.2. The van der Waals surface area contributed by atoms with Crippen LogP contribution in [0.4, 0.5) is 11.4 Å². The highest BCUT2D eigenvalue weighted by Gasteiger charge is 2.16. The number of aromatic amines is 1. The highest BCUT2D eigenvalue weighted by Crippen LogP contribution is 2.32. The molecule has 0 bridgehead atoms. The first-order chi connectivity index (χ1) is 8.84. The van der Waals surface area contributed by atoms with Crippen molar-refractivity contribution in [2.45, 2.75) is 19.3 Å². The van der Waals surface area contributed by atoms with Crippen LogP contribution in [-0.2, 0) is 0 Å². The fourth-order valence-electron chi connectivity index (χ4n) is 2.58. The van der Waals surface area contributed by atoms with Crippen LogP contribution in [0.5, 0.6) is 0 Å². The van der Waals surface area contributed by atoms with Crippen LogP contribution in [0.25, 0.3) is 11.3 Å². The summed E-state index contributed by atoms with van der Waals surface area (Å²) < 4.78 is 0. The molecule has 4 nitrogen and oxygen atoms in total. The molecule has 1 aliphatic rings. The van der Waals surface area contributed by atoms with Crippen molar-refractivity contribution in [3.8, 4) is 11.3 Å². The summed E-state index contributed by atoms with van der Waals surface area (Å²) in [6.45, 7) is 2.23. The van der Waals surface area contributed by atoms with E-state index < -0.39 is 0 Å². The Morgan fingerprint density at radius 2 is 1.95 bits per heavy atom. The molecule has 0 spiro atoms. The van der Waals surface area contributed by atoms with E-state index in [1.165, 1.54) is 30.5 Å². The maximum atomic E-state index is 5.94. The Balaban J connectivity index is 0.00000133. The van der Waals surface area contributed by atoms with Crippen molar-refractivity contribution < 1.29 is 0 Å². The zero-order valence-corrected chi connectivity index (χ0v) is 11.6. The number of nitrogens with one attached hydrogen (secondary N) is 1. The number of halogens is 1. The average Bonchev–Trinajstić information content (AvgIpc) is 2.93. The third-order valence-electron chi connectivity index (χ3n) is 3.51. The molecule has 1 aliphatic heterocycles. The standard InChI is InChI=1S/C14H18N4.ClH/c15-11-4-5-12(13-9-16-10-17-13)14(8-11)18-6-2-1-3-7-18;/h4-5,8-10H,1-3,6-7,15H2,(H,16,17);1H. The Morgan fingerprint density at radius 3 is 2.63 bits per heavy atom. The number of nitrogens with two attached hydrogens (primary N) is 1. The molecule has 0 atom stereocenters. The van der Waals surface area contributed by atoms with E-state index in [1.807, 2.05) is 12.3 Å².